The van der Waals surface area contributed by atoms with Crippen LogP contribution in [0.3, 0.4) is 0 Å². The highest BCUT2D eigenvalue weighted by Crippen LogP contribution is 2.11. The third-order valence-corrected chi connectivity index (χ3v) is 2.83. The normalized spacial score (nSPS) is 11.8. The Morgan fingerprint density at radius 3 is 2.60 bits per heavy atom. The number of carbonyl (C=O) groups excluding carboxylic acids is 2. The van der Waals surface area contributed by atoms with Crippen LogP contribution in [0.5, 0.6) is 0 Å². The lowest BCUT2D eigenvalue weighted by Gasteiger charge is -2.12. The highest BCUT2D eigenvalue weighted by molar-refractivity contribution is 5.97. The predicted molar refractivity (Wildman–Crippen MR) is 78.5 cm³/mol. The van der Waals surface area contributed by atoms with Crippen molar-refractivity contribution in [2.24, 2.45) is 5.73 Å². The lowest BCUT2D eigenvalue weighted by molar-refractivity contribution is -0.119. The van der Waals surface area contributed by atoms with Crippen LogP contribution in [0.1, 0.15) is 43.2 Å². The highest BCUT2D eigenvalue weighted by atomic mass is 16.2. The van der Waals surface area contributed by atoms with Crippen molar-refractivity contribution in [1.29, 1.82) is 0 Å². The van der Waals surface area contributed by atoms with Crippen molar-refractivity contribution in [3.05, 3.63) is 23.4 Å². The van der Waals surface area contributed by atoms with Crippen LogP contribution >= 0.6 is 0 Å². The first kappa shape index (κ1) is 15.9. The van der Waals surface area contributed by atoms with Gasteiger partial charge in [0, 0.05) is 17.8 Å². The van der Waals surface area contributed by atoms with Gasteiger partial charge >= 0.3 is 0 Å². The van der Waals surface area contributed by atoms with Gasteiger partial charge in [-0.05, 0) is 31.9 Å². The number of hydrogen-bond donors (Lipinski definition) is 3. The van der Waals surface area contributed by atoms with Gasteiger partial charge in [0.05, 0.1) is 0 Å². The summed E-state index contributed by atoms with van der Waals surface area (Å²) in [4.78, 5) is 27.5. The van der Waals surface area contributed by atoms with Crippen molar-refractivity contribution in [3.8, 4) is 0 Å². The SMILES string of the molecule is CCCNc1cc(C(=O)NC(C)C(N)=O)cc(CC)n1. The topological polar surface area (TPSA) is 97.1 Å². The molecule has 110 valence electrons. The third kappa shape index (κ3) is 4.53. The highest BCUT2D eigenvalue weighted by Gasteiger charge is 2.15. The average molecular weight is 278 g/mol. The maximum Gasteiger partial charge on any atom is 0.252 e. The van der Waals surface area contributed by atoms with Crippen LogP contribution in [0.15, 0.2) is 12.1 Å². The Balaban J connectivity index is 2.92. The molecule has 6 heteroatoms. The fraction of sp³-hybridized carbons (Fsp3) is 0.500. The van der Waals surface area contributed by atoms with Gasteiger partial charge in [0.2, 0.25) is 5.91 Å². The summed E-state index contributed by atoms with van der Waals surface area (Å²) in [6.45, 7) is 6.37. The van der Waals surface area contributed by atoms with E-state index in [9.17, 15) is 9.59 Å². The number of anilines is 1. The summed E-state index contributed by atoms with van der Waals surface area (Å²) in [6, 6.07) is 2.70. The quantitative estimate of drug-likeness (QED) is 0.695. The molecule has 6 nitrogen and oxygen atoms in total. The molecule has 0 saturated carbocycles. The summed E-state index contributed by atoms with van der Waals surface area (Å²) in [5.41, 5.74) is 6.43. The Kier molecular flexibility index (Phi) is 5.96. The molecule has 0 aliphatic heterocycles. The van der Waals surface area contributed by atoms with E-state index in [0.717, 1.165) is 25.1 Å². The number of rotatable bonds is 7. The molecule has 0 saturated heterocycles. The van der Waals surface area contributed by atoms with Gasteiger partial charge in [-0.1, -0.05) is 13.8 Å². The third-order valence-electron chi connectivity index (χ3n) is 2.83. The average Bonchev–Trinajstić information content (AvgIpc) is 2.44. The Bertz CT molecular complexity index is 488. The molecule has 0 aromatic carbocycles. The van der Waals surface area contributed by atoms with E-state index in [-0.39, 0.29) is 5.91 Å². The molecule has 0 radical (unpaired) electrons. The van der Waals surface area contributed by atoms with Crippen LogP contribution in [0.25, 0.3) is 0 Å². The van der Waals surface area contributed by atoms with Gasteiger partial charge in [0.25, 0.3) is 5.91 Å². The van der Waals surface area contributed by atoms with Crippen LogP contribution in [0.2, 0.25) is 0 Å². The lowest BCUT2D eigenvalue weighted by Crippen LogP contribution is -2.42. The minimum Gasteiger partial charge on any atom is -0.370 e. The van der Waals surface area contributed by atoms with Crippen LogP contribution < -0.4 is 16.4 Å². The number of aromatic nitrogens is 1. The number of nitrogens with one attached hydrogen (secondary N) is 2. The second-order valence-corrected chi connectivity index (χ2v) is 4.61. The first-order valence-electron chi connectivity index (χ1n) is 6.82. The summed E-state index contributed by atoms with van der Waals surface area (Å²) < 4.78 is 0. The van der Waals surface area contributed by atoms with E-state index in [4.69, 9.17) is 5.73 Å². The molecule has 1 aromatic rings. The number of carbonyl (C=O) groups is 2. The summed E-state index contributed by atoms with van der Waals surface area (Å²) in [5, 5.41) is 5.72. The van der Waals surface area contributed by atoms with E-state index in [1.165, 1.54) is 0 Å². The lowest BCUT2D eigenvalue weighted by atomic mass is 10.1. The number of nitrogens with two attached hydrogens (primary N) is 1. The van der Waals surface area contributed by atoms with Crippen molar-refractivity contribution >= 4 is 17.6 Å². The monoisotopic (exact) mass is 278 g/mol. The van der Waals surface area contributed by atoms with Crippen molar-refractivity contribution < 1.29 is 9.59 Å². The Morgan fingerprint density at radius 1 is 1.35 bits per heavy atom. The number of nitrogens with zero attached hydrogens (tertiary/aromatic N) is 1. The van der Waals surface area contributed by atoms with Crippen molar-refractivity contribution in [3.63, 3.8) is 0 Å². The minimum atomic E-state index is -0.701. The van der Waals surface area contributed by atoms with Gasteiger partial charge in [-0.15, -0.1) is 0 Å². The van der Waals surface area contributed by atoms with E-state index in [1.807, 2.05) is 6.92 Å². The molecule has 20 heavy (non-hydrogen) atoms. The molecule has 1 aromatic heterocycles. The van der Waals surface area contributed by atoms with E-state index in [2.05, 4.69) is 22.5 Å². The number of aryl methyl sites for hydroxylation is 1. The number of pyridine rings is 1. The first-order chi connectivity index (χ1) is 9.47. The summed E-state index contributed by atoms with van der Waals surface area (Å²) >= 11 is 0. The van der Waals surface area contributed by atoms with E-state index in [0.29, 0.717) is 11.4 Å². The zero-order valence-corrected chi connectivity index (χ0v) is 12.2. The number of amides is 2. The fourth-order valence-corrected chi connectivity index (χ4v) is 1.59. The zero-order chi connectivity index (χ0) is 15.1. The van der Waals surface area contributed by atoms with Gasteiger partial charge in [0.1, 0.15) is 11.9 Å². The minimum absolute atomic E-state index is 0.326. The van der Waals surface area contributed by atoms with E-state index in [1.54, 1.807) is 19.1 Å². The van der Waals surface area contributed by atoms with Gasteiger partial charge < -0.3 is 16.4 Å². The standard InChI is InChI=1S/C14H22N4O2/c1-4-6-16-12-8-10(7-11(5-2)18-12)14(20)17-9(3)13(15)19/h7-9H,4-6H2,1-3H3,(H2,15,19)(H,16,18)(H,17,20). The largest absolute Gasteiger partial charge is 0.370 e. The van der Waals surface area contributed by atoms with E-state index >= 15 is 0 Å². The predicted octanol–water partition coefficient (Wildman–Crippen LogP) is 1.07. The molecule has 1 atom stereocenters. The van der Waals surface area contributed by atoms with Crippen LogP contribution in [0, 0.1) is 0 Å². The summed E-state index contributed by atoms with van der Waals surface area (Å²) in [7, 11) is 0. The van der Waals surface area contributed by atoms with Gasteiger partial charge in [-0.3, -0.25) is 9.59 Å². The van der Waals surface area contributed by atoms with Crippen LogP contribution in [0.4, 0.5) is 5.82 Å². The molecule has 1 heterocycles. The van der Waals surface area contributed by atoms with Gasteiger partial charge in [-0.25, -0.2) is 4.98 Å². The molecule has 1 unspecified atom stereocenters. The maximum atomic E-state index is 12.1. The van der Waals surface area contributed by atoms with Crippen molar-refractivity contribution in [2.75, 3.05) is 11.9 Å². The molecule has 4 N–H and O–H groups in total. The molecular formula is C14H22N4O2. The zero-order valence-electron chi connectivity index (χ0n) is 12.2. The molecule has 2 amide bonds. The van der Waals surface area contributed by atoms with E-state index < -0.39 is 11.9 Å². The molecular weight excluding hydrogens is 256 g/mol. The Hall–Kier alpha value is -2.11. The smallest absolute Gasteiger partial charge is 0.252 e. The summed E-state index contributed by atoms with van der Waals surface area (Å²) in [5.74, 6) is -0.219. The molecule has 1 rings (SSSR count). The second kappa shape index (κ2) is 7.47. The Morgan fingerprint density at radius 2 is 2.05 bits per heavy atom. The van der Waals surface area contributed by atoms with Crippen molar-refractivity contribution in [2.45, 2.75) is 39.7 Å². The molecule has 0 bridgehead atoms. The number of hydrogen-bond acceptors (Lipinski definition) is 4. The molecule has 0 aliphatic rings. The van der Waals surface area contributed by atoms with Crippen LogP contribution in [-0.4, -0.2) is 29.4 Å². The van der Waals surface area contributed by atoms with Gasteiger partial charge in [0.15, 0.2) is 0 Å². The first-order valence-corrected chi connectivity index (χ1v) is 6.82. The molecule has 0 aliphatic carbocycles. The fourth-order valence-electron chi connectivity index (χ4n) is 1.59. The molecule has 0 spiro atoms. The van der Waals surface area contributed by atoms with Crippen molar-refractivity contribution in [1.82, 2.24) is 10.3 Å². The molecule has 0 fully saturated rings. The Labute approximate surface area is 119 Å². The number of primary amides is 1. The maximum absolute atomic E-state index is 12.1. The second-order valence-electron chi connectivity index (χ2n) is 4.61. The van der Waals surface area contributed by atoms with Crippen LogP contribution in [-0.2, 0) is 11.2 Å². The van der Waals surface area contributed by atoms with Gasteiger partial charge in [-0.2, -0.15) is 0 Å². The summed E-state index contributed by atoms with van der Waals surface area (Å²) in [6.07, 6.45) is 1.70.